The summed E-state index contributed by atoms with van der Waals surface area (Å²) in [6.45, 7) is 6.16. The van der Waals surface area contributed by atoms with Gasteiger partial charge in [-0.15, -0.1) is 0 Å². The number of hydrogen-bond acceptors (Lipinski definition) is 3. The van der Waals surface area contributed by atoms with Crippen molar-refractivity contribution in [1.82, 2.24) is 0 Å². The van der Waals surface area contributed by atoms with Crippen molar-refractivity contribution >= 4 is 5.97 Å². The van der Waals surface area contributed by atoms with E-state index in [9.17, 15) is 4.79 Å². The molecule has 0 aromatic heterocycles. The third-order valence-corrected chi connectivity index (χ3v) is 2.54. The molecule has 3 heteroatoms. The number of rotatable bonds is 6. The minimum absolute atomic E-state index is 0.291. The number of para-hydroxylation sites is 1. The molecule has 0 fully saturated rings. The molecule has 0 spiro atoms. The van der Waals surface area contributed by atoms with Crippen LogP contribution in [-0.4, -0.2) is 18.7 Å². The molecule has 0 saturated heterocycles. The Hall–Kier alpha value is -1.51. The molecule has 1 atom stereocenters. The highest BCUT2D eigenvalue weighted by molar-refractivity contribution is 5.75. The van der Waals surface area contributed by atoms with E-state index in [4.69, 9.17) is 9.47 Å². The lowest BCUT2D eigenvalue weighted by atomic mass is 10.1. The van der Waals surface area contributed by atoms with Crippen LogP contribution in [0.5, 0.6) is 5.75 Å². The summed E-state index contributed by atoms with van der Waals surface area (Å²) in [5, 5.41) is 0. The zero-order chi connectivity index (χ0) is 12.7. The zero-order valence-electron chi connectivity index (χ0n) is 10.7. The van der Waals surface area contributed by atoms with Gasteiger partial charge in [0.15, 0.2) is 6.10 Å². The lowest BCUT2D eigenvalue weighted by Gasteiger charge is -2.17. The fraction of sp³-hybridized carbons (Fsp3) is 0.500. The summed E-state index contributed by atoms with van der Waals surface area (Å²) in [4.78, 5) is 11.6. The van der Waals surface area contributed by atoms with Gasteiger partial charge in [0.25, 0.3) is 0 Å². The molecule has 0 radical (unpaired) electrons. The lowest BCUT2D eigenvalue weighted by Crippen LogP contribution is -2.29. The Labute approximate surface area is 103 Å². The van der Waals surface area contributed by atoms with Crippen molar-refractivity contribution in [3.63, 3.8) is 0 Å². The van der Waals surface area contributed by atoms with Crippen molar-refractivity contribution in [3.05, 3.63) is 29.8 Å². The van der Waals surface area contributed by atoms with Crippen molar-refractivity contribution < 1.29 is 14.3 Å². The molecular formula is C14H20O3. The quantitative estimate of drug-likeness (QED) is 0.712. The SMILES string of the molecule is CCOC(=O)C(CC)Oc1ccccc1CC. The molecule has 1 aromatic rings. The van der Waals surface area contributed by atoms with Crippen molar-refractivity contribution in [2.45, 2.75) is 39.7 Å². The van der Waals surface area contributed by atoms with Crippen molar-refractivity contribution in [2.24, 2.45) is 0 Å². The van der Waals surface area contributed by atoms with Gasteiger partial charge in [-0.25, -0.2) is 4.79 Å². The predicted molar refractivity (Wildman–Crippen MR) is 67.2 cm³/mol. The van der Waals surface area contributed by atoms with E-state index in [1.165, 1.54) is 0 Å². The molecule has 3 nitrogen and oxygen atoms in total. The monoisotopic (exact) mass is 236 g/mol. The van der Waals surface area contributed by atoms with Gasteiger partial charge in [0.1, 0.15) is 5.75 Å². The number of aryl methyl sites for hydroxylation is 1. The average Bonchev–Trinajstić information content (AvgIpc) is 2.36. The van der Waals surface area contributed by atoms with Gasteiger partial charge in [-0.2, -0.15) is 0 Å². The van der Waals surface area contributed by atoms with Gasteiger partial charge >= 0.3 is 5.97 Å². The first-order valence-corrected chi connectivity index (χ1v) is 6.14. The normalized spacial score (nSPS) is 11.9. The highest BCUT2D eigenvalue weighted by atomic mass is 16.6. The van der Waals surface area contributed by atoms with E-state index >= 15 is 0 Å². The van der Waals surface area contributed by atoms with E-state index in [1.54, 1.807) is 6.92 Å². The van der Waals surface area contributed by atoms with E-state index in [0.717, 1.165) is 17.7 Å². The second-order valence-corrected chi connectivity index (χ2v) is 3.73. The molecule has 0 aliphatic rings. The molecule has 1 rings (SSSR count). The molecule has 0 heterocycles. The number of carbonyl (C=O) groups is 1. The van der Waals surface area contributed by atoms with Gasteiger partial charge in [0.05, 0.1) is 6.61 Å². The van der Waals surface area contributed by atoms with Crippen molar-refractivity contribution in [2.75, 3.05) is 6.61 Å². The van der Waals surface area contributed by atoms with E-state index < -0.39 is 6.10 Å². The third-order valence-electron chi connectivity index (χ3n) is 2.54. The molecule has 0 saturated carbocycles. The van der Waals surface area contributed by atoms with Crippen LogP contribution in [0.15, 0.2) is 24.3 Å². The maximum atomic E-state index is 11.6. The second-order valence-electron chi connectivity index (χ2n) is 3.73. The number of esters is 1. The third kappa shape index (κ3) is 3.77. The Kier molecular flexibility index (Phi) is 5.53. The van der Waals surface area contributed by atoms with Crippen LogP contribution in [0.4, 0.5) is 0 Å². The van der Waals surface area contributed by atoms with Gasteiger partial charge in [-0.1, -0.05) is 32.0 Å². The Morgan fingerprint density at radius 2 is 1.94 bits per heavy atom. The molecule has 1 unspecified atom stereocenters. The van der Waals surface area contributed by atoms with E-state index in [0.29, 0.717) is 13.0 Å². The average molecular weight is 236 g/mol. The number of ether oxygens (including phenoxy) is 2. The maximum Gasteiger partial charge on any atom is 0.347 e. The molecule has 94 valence electrons. The number of hydrogen-bond donors (Lipinski definition) is 0. The van der Waals surface area contributed by atoms with Crippen LogP contribution < -0.4 is 4.74 Å². The summed E-state index contributed by atoms with van der Waals surface area (Å²) >= 11 is 0. The molecule has 1 aromatic carbocycles. The first-order chi connectivity index (χ1) is 8.22. The largest absolute Gasteiger partial charge is 0.478 e. The summed E-state index contributed by atoms with van der Waals surface area (Å²) in [6, 6.07) is 7.78. The van der Waals surface area contributed by atoms with Gasteiger partial charge in [0.2, 0.25) is 0 Å². The Bertz CT molecular complexity index is 360. The van der Waals surface area contributed by atoms with Crippen LogP contribution in [0.2, 0.25) is 0 Å². The van der Waals surface area contributed by atoms with E-state index in [1.807, 2.05) is 31.2 Å². The summed E-state index contributed by atoms with van der Waals surface area (Å²) in [5.74, 6) is 0.482. The Morgan fingerprint density at radius 3 is 2.53 bits per heavy atom. The van der Waals surface area contributed by atoms with Crippen molar-refractivity contribution in [3.8, 4) is 5.75 Å². The highest BCUT2D eigenvalue weighted by Gasteiger charge is 2.20. The number of benzene rings is 1. The molecule has 0 amide bonds. The number of carbonyl (C=O) groups excluding carboxylic acids is 1. The van der Waals surface area contributed by atoms with Gasteiger partial charge in [-0.05, 0) is 31.4 Å². The minimum Gasteiger partial charge on any atom is -0.478 e. The molecule has 0 aliphatic heterocycles. The first kappa shape index (κ1) is 13.6. The lowest BCUT2D eigenvalue weighted by molar-refractivity contribution is -0.151. The summed E-state index contributed by atoms with van der Waals surface area (Å²) in [7, 11) is 0. The fourth-order valence-electron chi connectivity index (χ4n) is 1.60. The van der Waals surface area contributed by atoms with Crippen LogP contribution in [0.25, 0.3) is 0 Å². The van der Waals surface area contributed by atoms with Crippen molar-refractivity contribution in [1.29, 1.82) is 0 Å². The first-order valence-electron chi connectivity index (χ1n) is 6.14. The minimum atomic E-state index is -0.511. The topological polar surface area (TPSA) is 35.5 Å². The van der Waals surface area contributed by atoms with Gasteiger partial charge < -0.3 is 9.47 Å². The molecular weight excluding hydrogens is 216 g/mol. The zero-order valence-corrected chi connectivity index (χ0v) is 10.7. The predicted octanol–water partition coefficient (Wildman–Crippen LogP) is 2.97. The Morgan fingerprint density at radius 1 is 1.24 bits per heavy atom. The maximum absolute atomic E-state index is 11.6. The molecule has 0 aliphatic carbocycles. The van der Waals surface area contributed by atoms with Crippen LogP contribution >= 0.6 is 0 Å². The van der Waals surface area contributed by atoms with Gasteiger partial charge in [-0.3, -0.25) is 0 Å². The second kappa shape index (κ2) is 6.94. The Balaban J connectivity index is 2.76. The smallest absolute Gasteiger partial charge is 0.347 e. The van der Waals surface area contributed by atoms with E-state index in [2.05, 4.69) is 6.92 Å². The van der Waals surface area contributed by atoms with Crippen LogP contribution in [-0.2, 0) is 16.0 Å². The highest BCUT2D eigenvalue weighted by Crippen LogP contribution is 2.20. The van der Waals surface area contributed by atoms with Crippen LogP contribution in [0.3, 0.4) is 0 Å². The van der Waals surface area contributed by atoms with Gasteiger partial charge in [0, 0.05) is 0 Å². The standard InChI is InChI=1S/C14H20O3/c1-4-11-9-7-8-10-13(11)17-12(5-2)14(15)16-6-3/h7-10,12H,4-6H2,1-3H3. The molecule has 0 bridgehead atoms. The molecule has 0 N–H and O–H groups in total. The molecule has 17 heavy (non-hydrogen) atoms. The fourth-order valence-corrected chi connectivity index (χ4v) is 1.60. The van der Waals surface area contributed by atoms with Crippen LogP contribution in [0, 0.1) is 0 Å². The summed E-state index contributed by atoms with van der Waals surface area (Å²) in [6.07, 6.45) is 0.981. The van der Waals surface area contributed by atoms with E-state index in [-0.39, 0.29) is 5.97 Å². The summed E-state index contributed by atoms with van der Waals surface area (Å²) < 4.78 is 10.7. The summed E-state index contributed by atoms with van der Waals surface area (Å²) in [5.41, 5.74) is 1.11. The van der Waals surface area contributed by atoms with Crippen LogP contribution in [0.1, 0.15) is 32.8 Å².